The highest BCUT2D eigenvalue weighted by Gasteiger charge is 2.14. The van der Waals surface area contributed by atoms with Gasteiger partial charge in [-0.15, -0.1) is 0 Å². The summed E-state index contributed by atoms with van der Waals surface area (Å²) < 4.78 is 14.4. The average molecular weight is 336 g/mol. The fourth-order valence-electron chi connectivity index (χ4n) is 2.37. The molecule has 0 aliphatic heterocycles. The molecule has 0 fully saturated rings. The Morgan fingerprint density at radius 1 is 1.20 bits per heavy atom. The van der Waals surface area contributed by atoms with Gasteiger partial charge in [0.05, 0.1) is 0 Å². The van der Waals surface area contributed by atoms with E-state index in [0.29, 0.717) is 0 Å². The van der Waals surface area contributed by atoms with Crippen molar-refractivity contribution in [2.24, 2.45) is 0 Å². The van der Waals surface area contributed by atoms with Gasteiger partial charge in [-0.1, -0.05) is 52.7 Å². The molecule has 106 valence electrons. The maximum absolute atomic E-state index is 13.3. The Kier molecular flexibility index (Phi) is 5.32. The van der Waals surface area contributed by atoms with E-state index in [1.165, 1.54) is 17.2 Å². The van der Waals surface area contributed by atoms with Crippen LogP contribution >= 0.6 is 15.9 Å². The SMILES string of the molecule is CCNC(Cc1cccc(F)c1)c1cc(C)ccc1Br. The Labute approximate surface area is 128 Å². The van der Waals surface area contributed by atoms with Crippen LogP contribution in [0.5, 0.6) is 0 Å². The number of aryl methyl sites for hydroxylation is 1. The third-order valence-corrected chi connectivity index (χ3v) is 4.03. The predicted octanol–water partition coefficient (Wildman–Crippen LogP) is 4.79. The van der Waals surface area contributed by atoms with Crippen molar-refractivity contribution < 1.29 is 4.39 Å². The molecule has 0 amide bonds. The van der Waals surface area contributed by atoms with Gasteiger partial charge < -0.3 is 5.32 Å². The van der Waals surface area contributed by atoms with Gasteiger partial charge in [-0.2, -0.15) is 0 Å². The molecule has 0 spiro atoms. The number of likely N-dealkylation sites (N-methyl/N-ethyl adjacent to an activating group) is 1. The molecule has 1 nitrogen and oxygen atoms in total. The molecule has 3 heteroatoms. The van der Waals surface area contributed by atoms with Crippen LogP contribution in [0.3, 0.4) is 0 Å². The Morgan fingerprint density at radius 3 is 2.70 bits per heavy atom. The molecule has 0 aromatic heterocycles. The number of benzene rings is 2. The van der Waals surface area contributed by atoms with Gasteiger partial charge >= 0.3 is 0 Å². The van der Waals surface area contributed by atoms with Crippen LogP contribution < -0.4 is 5.32 Å². The Bertz CT molecular complexity index is 583. The van der Waals surface area contributed by atoms with E-state index >= 15 is 0 Å². The summed E-state index contributed by atoms with van der Waals surface area (Å²) in [6.07, 6.45) is 0.771. The second-order valence-corrected chi connectivity index (χ2v) is 5.82. The van der Waals surface area contributed by atoms with Gasteiger partial charge in [0.1, 0.15) is 5.82 Å². The molecule has 1 N–H and O–H groups in total. The van der Waals surface area contributed by atoms with Crippen molar-refractivity contribution in [3.63, 3.8) is 0 Å². The largest absolute Gasteiger partial charge is 0.310 e. The minimum Gasteiger partial charge on any atom is -0.310 e. The van der Waals surface area contributed by atoms with Crippen LogP contribution in [0.1, 0.15) is 29.7 Å². The third kappa shape index (κ3) is 3.90. The second-order valence-electron chi connectivity index (χ2n) is 4.97. The van der Waals surface area contributed by atoms with Crippen LogP contribution in [0.25, 0.3) is 0 Å². The second kappa shape index (κ2) is 7.00. The number of hydrogen-bond donors (Lipinski definition) is 1. The lowest BCUT2D eigenvalue weighted by Crippen LogP contribution is -2.23. The molecule has 2 rings (SSSR count). The van der Waals surface area contributed by atoms with Crippen LogP contribution in [0.4, 0.5) is 4.39 Å². The lowest BCUT2D eigenvalue weighted by atomic mass is 9.97. The van der Waals surface area contributed by atoms with Gasteiger partial charge in [-0.25, -0.2) is 4.39 Å². The van der Waals surface area contributed by atoms with E-state index in [2.05, 4.69) is 53.3 Å². The Hall–Kier alpha value is -1.19. The van der Waals surface area contributed by atoms with Crippen LogP contribution in [-0.4, -0.2) is 6.54 Å². The molecule has 2 aromatic carbocycles. The molecule has 0 aliphatic rings. The van der Waals surface area contributed by atoms with Gasteiger partial charge in [0.15, 0.2) is 0 Å². The summed E-state index contributed by atoms with van der Waals surface area (Å²) in [5.74, 6) is -0.180. The van der Waals surface area contributed by atoms with E-state index in [4.69, 9.17) is 0 Å². The lowest BCUT2D eigenvalue weighted by molar-refractivity contribution is 0.544. The van der Waals surface area contributed by atoms with Gasteiger partial charge in [0.25, 0.3) is 0 Å². The topological polar surface area (TPSA) is 12.0 Å². The standard InChI is InChI=1S/C17H19BrFN/c1-3-20-17(11-13-5-4-6-14(19)10-13)15-9-12(2)7-8-16(15)18/h4-10,17,20H,3,11H2,1-2H3. The zero-order valence-corrected chi connectivity index (χ0v) is 13.4. The molecule has 0 aliphatic carbocycles. The molecule has 20 heavy (non-hydrogen) atoms. The monoisotopic (exact) mass is 335 g/mol. The van der Waals surface area contributed by atoms with E-state index in [1.54, 1.807) is 12.1 Å². The van der Waals surface area contributed by atoms with Crippen molar-refractivity contribution in [3.05, 3.63) is 69.4 Å². The zero-order chi connectivity index (χ0) is 14.5. The van der Waals surface area contributed by atoms with Crippen molar-refractivity contribution in [2.45, 2.75) is 26.3 Å². The summed E-state index contributed by atoms with van der Waals surface area (Å²) in [5.41, 5.74) is 3.45. The predicted molar refractivity (Wildman–Crippen MR) is 85.4 cm³/mol. The summed E-state index contributed by atoms with van der Waals surface area (Å²) in [4.78, 5) is 0. The fraction of sp³-hybridized carbons (Fsp3) is 0.294. The van der Waals surface area contributed by atoms with E-state index in [9.17, 15) is 4.39 Å². The van der Waals surface area contributed by atoms with Crippen molar-refractivity contribution in [3.8, 4) is 0 Å². The minimum absolute atomic E-state index is 0.177. The Balaban J connectivity index is 2.29. The van der Waals surface area contributed by atoms with Crippen LogP contribution in [0, 0.1) is 12.7 Å². The van der Waals surface area contributed by atoms with Gasteiger partial charge in [0.2, 0.25) is 0 Å². The maximum atomic E-state index is 13.3. The summed E-state index contributed by atoms with van der Waals surface area (Å²) in [5, 5.41) is 3.48. The molecule has 0 radical (unpaired) electrons. The first-order chi connectivity index (χ1) is 9.60. The molecule has 0 bridgehead atoms. The zero-order valence-electron chi connectivity index (χ0n) is 11.8. The normalized spacial score (nSPS) is 12.4. The van der Waals surface area contributed by atoms with Crippen molar-refractivity contribution in [1.29, 1.82) is 0 Å². The highest BCUT2D eigenvalue weighted by atomic mass is 79.9. The number of nitrogens with one attached hydrogen (secondary N) is 1. The van der Waals surface area contributed by atoms with Gasteiger partial charge in [0, 0.05) is 10.5 Å². The molecule has 2 aromatic rings. The third-order valence-electron chi connectivity index (χ3n) is 3.31. The highest BCUT2D eigenvalue weighted by Crippen LogP contribution is 2.27. The van der Waals surface area contributed by atoms with Gasteiger partial charge in [-0.3, -0.25) is 0 Å². The van der Waals surface area contributed by atoms with Crippen LogP contribution in [-0.2, 0) is 6.42 Å². The van der Waals surface area contributed by atoms with E-state index in [-0.39, 0.29) is 11.9 Å². The lowest BCUT2D eigenvalue weighted by Gasteiger charge is -2.20. The number of halogens is 2. The number of rotatable bonds is 5. The molecule has 0 saturated carbocycles. The van der Waals surface area contributed by atoms with Crippen molar-refractivity contribution >= 4 is 15.9 Å². The first-order valence-electron chi connectivity index (χ1n) is 6.84. The molecule has 1 unspecified atom stereocenters. The summed E-state index contributed by atoms with van der Waals surface area (Å²) in [6.45, 7) is 5.05. The molecular weight excluding hydrogens is 317 g/mol. The number of hydrogen-bond acceptors (Lipinski definition) is 1. The summed E-state index contributed by atoms with van der Waals surface area (Å²) in [6, 6.07) is 13.3. The van der Waals surface area contributed by atoms with Gasteiger partial charge in [-0.05, 0) is 49.2 Å². The highest BCUT2D eigenvalue weighted by molar-refractivity contribution is 9.10. The Morgan fingerprint density at radius 2 is 2.00 bits per heavy atom. The molecule has 0 saturated heterocycles. The molecular formula is C17H19BrFN. The van der Waals surface area contributed by atoms with Crippen LogP contribution in [0.15, 0.2) is 46.9 Å². The molecule has 0 heterocycles. The minimum atomic E-state index is -0.180. The van der Waals surface area contributed by atoms with E-state index in [0.717, 1.165) is 23.0 Å². The molecule has 1 atom stereocenters. The first-order valence-corrected chi connectivity index (χ1v) is 7.63. The van der Waals surface area contributed by atoms with Crippen molar-refractivity contribution in [1.82, 2.24) is 5.32 Å². The quantitative estimate of drug-likeness (QED) is 0.828. The maximum Gasteiger partial charge on any atom is 0.123 e. The summed E-state index contributed by atoms with van der Waals surface area (Å²) >= 11 is 3.61. The average Bonchev–Trinajstić information content (AvgIpc) is 2.41. The first kappa shape index (κ1) is 15.2. The fourth-order valence-corrected chi connectivity index (χ4v) is 2.89. The smallest absolute Gasteiger partial charge is 0.123 e. The summed E-state index contributed by atoms with van der Waals surface area (Å²) in [7, 11) is 0. The van der Waals surface area contributed by atoms with E-state index < -0.39 is 0 Å². The van der Waals surface area contributed by atoms with Crippen molar-refractivity contribution in [2.75, 3.05) is 6.54 Å². The van der Waals surface area contributed by atoms with E-state index in [1.807, 2.05) is 6.07 Å². The van der Waals surface area contributed by atoms with Crippen LogP contribution in [0.2, 0.25) is 0 Å².